The van der Waals surface area contributed by atoms with Gasteiger partial charge in [-0.25, -0.2) is 12.8 Å². The lowest BCUT2D eigenvalue weighted by Crippen LogP contribution is -2.39. The zero-order valence-corrected chi connectivity index (χ0v) is 17.4. The highest BCUT2D eigenvalue weighted by atomic mass is 35.5. The normalized spacial score (nSPS) is 23.9. The van der Waals surface area contributed by atoms with Gasteiger partial charge in [0.25, 0.3) is 0 Å². The number of anilines is 1. The molecule has 2 aromatic rings. The van der Waals surface area contributed by atoms with Crippen LogP contribution in [0.5, 0.6) is 11.5 Å². The van der Waals surface area contributed by atoms with Gasteiger partial charge in [-0.3, -0.25) is 4.99 Å². The number of fused-ring (bicyclic) bond motifs is 2. The fraction of sp³-hybridized carbons (Fsp3) is 0.316. The van der Waals surface area contributed by atoms with Gasteiger partial charge in [-0.05, 0) is 24.3 Å². The zero-order valence-electron chi connectivity index (χ0n) is 15.0. The number of thioether (sulfide) groups is 1. The van der Waals surface area contributed by atoms with Crippen LogP contribution in [0.3, 0.4) is 0 Å². The molecule has 0 saturated carbocycles. The molecule has 6 nitrogen and oxygen atoms in total. The van der Waals surface area contributed by atoms with E-state index in [-0.39, 0.29) is 42.0 Å². The van der Waals surface area contributed by atoms with Crippen LogP contribution in [0.2, 0.25) is 5.02 Å². The van der Waals surface area contributed by atoms with Crippen LogP contribution in [0, 0.1) is 5.82 Å². The smallest absolute Gasteiger partial charge is 0.231 e. The quantitative estimate of drug-likeness (QED) is 0.707. The maximum absolute atomic E-state index is 14.2. The molecule has 0 amide bonds. The van der Waals surface area contributed by atoms with E-state index in [4.69, 9.17) is 21.1 Å². The fourth-order valence-corrected chi connectivity index (χ4v) is 7.09. The third kappa shape index (κ3) is 3.45. The lowest BCUT2D eigenvalue weighted by Gasteiger charge is -2.26. The summed E-state index contributed by atoms with van der Waals surface area (Å²) in [5.74, 6) is 1.21. The summed E-state index contributed by atoms with van der Waals surface area (Å²) in [6.45, 7) is 0.153. The number of nitrogens with zero attached hydrogens (tertiary/aromatic N) is 2. The average Bonchev–Trinajstić information content (AvgIpc) is 3.32. The molecule has 2 atom stereocenters. The van der Waals surface area contributed by atoms with Crippen molar-refractivity contribution in [2.24, 2.45) is 4.99 Å². The molecular weight excluding hydrogens is 439 g/mol. The summed E-state index contributed by atoms with van der Waals surface area (Å²) >= 11 is 7.49. The predicted molar refractivity (Wildman–Crippen MR) is 111 cm³/mol. The Morgan fingerprint density at radius 2 is 2.03 bits per heavy atom. The first kappa shape index (κ1) is 19.0. The molecule has 3 aliphatic rings. The van der Waals surface area contributed by atoms with E-state index in [1.165, 1.54) is 17.8 Å². The van der Waals surface area contributed by atoms with Gasteiger partial charge < -0.3 is 14.4 Å². The Morgan fingerprint density at radius 1 is 1.21 bits per heavy atom. The number of hydrogen-bond donors (Lipinski definition) is 0. The third-order valence-corrected chi connectivity index (χ3v) is 8.20. The van der Waals surface area contributed by atoms with Crippen molar-refractivity contribution >= 4 is 44.1 Å². The molecule has 0 bridgehead atoms. The Balaban J connectivity index is 1.47. The molecule has 0 N–H and O–H groups in total. The number of halogens is 2. The largest absolute Gasteiger partial charge is 0.454 e. The summed E-state index contributed by atoms with van der Waals surface area (Å²) in [5.41, 5.74) is 1.17. The highest BCUT2D eigenvalue weighted by Crippen LogP contribution is 2.41. The lowest BCUT2D eigenvalue weighted by atomic mass is 10.1. The predicted octanol–water partition coefficient (Wildman–Crippen LogP) is 3.48. The first-order valence-corrected chi connectivity index (χ1v) is 12.1. The Labute approximate surface area is 176 Å². The molecule has 0 aliphatic carbocycles. The van der Waals surface area contributed by atoms with E-state index in [0.29, 0.717) is 27.3 Å². The summed E-state index contributed by atoms with van der Waals surface area (Å²) < 4.78 is 49.3. The summed E-state index contributed by atoms with van der Waals surface area (Å²) in [5, 5.41) is 1.00. The molecule has 2 aromatic carbocycles. The maximum Gasteiger partial charge on any atom is 0.231 e. The van der Waals surface area contributed by atoms with Crippen molar-refractivity contribution in [3.63, 3.8) is 0 Å². The summed E-state index contributed by atoms with van der Waals surface area (Å²) in [6.07, 6.45) is 0. The van der Waals surface area contributed by atoms with Crippen LogP contribution in [0.1, 0.15) is 5.56 Å². The third-order valence-electron chi connectivity index (χ3n) is 5.15. The average molecular weight is 455 g/mol. The van der Waals surface area contributed by atoms with Crippen LogP contribution in [-0.4, -0.2) is 44.0 Å². The van der Waals surface area contributed by atoms with E-state index in [2.05, 4.69) is 4.99 Å². The minimum Gasteiger partial charge on any atom is -0.454 e. The van der Waals surface area contributed by atoms with E-state index in [0.717, 1.165) is 5.69 Å². The minimum atomic E-state index is -3.16. The molecule has 3 aliphatic heterocycles. The van der Waals surface area contributed by atoms with Crippen molar-refractivity contribution in [1.82, 2.24) is 0 Å². The van der Waals surface area contributed by atoms with E-state index >= 15 is 0 Å². The summed E-state index contributed by atoms with van der Waals surface area (Å²) in [6, 6.07) is 9.41. The summed E-state index contributed by atoms with van der Waals surface area (Å²) in [4.78, 5) is 6.57. The molecule has 5 rings (SSSR count). The van der Waals surface area contributed by atoms with Gasteiger partial charge in [0.05, 0.1) is 23.6 Å². The van der Waals surface area contributed by atoms with Crippen LogP contribution in [0.15, 0.2) is 41.4 Å². The Hall–Kier alpha value is -1.97. The SMILES string of the molecule is O=S1(=O)C[C@@H]2N=C(SCc3c(F)cccc3Cl)N(c3ccc4c(c3)OCO4)[C@H]2C1. The van der Waals surface area contributed by atoms with Gasteiger partial charge >= 0.3 is 0 Å². The molecule has 0 spiro atoms. The van der Waals surface area contributed by atoms with E-state index in [9.17, 15) is 12.8 Å². The molecule has 1 saturated heterocycles. The maximum atomic E-state index is 14.2. The molecular formula is C19H16ClFN2O4S2. The van der Waals surface area contributed by atoms with E-state index < -0.39 is 9.84 Å². The van der Waals surface area contributed by atoms with Crippen molar-refractivity contribution in [3.8, 4) is 11.5 Å². The highest BCUT2D eigenvalue weighted by molar-refractivity contribution is 8.13. The van der Waals surface area contributed by atoms with Crippen molar-refractivity contribution in [2.45, 2.75) is 17.8 Å². The molecule has 3 heterocycles. The molecule has 0 aromatic heterocycles. The number of sulfone groups is 1. The van der Waals surface area contributed by atoms with E-state index in [1.807, 2.05) is 17.0 Å². The van der Waals surface area contributed by atoms with Gasteiger partial charge in [0, 0.05) is 28.1 Å². The minimum absolute atomic E-state index is 0.0171. The number of amidine groups is 1. The second-order valence-electron chi connectivity index (χ2n) is 7.02. The second-order valence-corrected chi connectivity index (χ2v) is 10.5. The molecule has 152 valence electrons. The van der Waals surface area contributed by atoms with Crippen molar-refractivity contribution < 1.29 is 22.3 Å². The van der Waals surface area contributed by atoms with E-state index in [1.54, 1.807) is 18.2 Å². The van der Waals surface area contributed by atoms with Gasteiger partial charge in [-0.2, -0.15) is 0 Å². The number of rotatable bonds is 3. The number of aliphatic imine (C=N–C) groups is 1. The summed E-state index contributed by atoms with van der Waals surface area (Å²) in [7, 11) is -3.16. The van der Waals surface area contributed by atoms with Gasteiger partial charge in [-0.1, -0.05) is 29.4 Å². The Morgan fingerprint density at radius 3 is 2.86 bits per heavy atom. The standard InChI is InChI=1S/C19H16ClFN2O4S2/c20-13-2-1-3-14(21)12(13)7-28-19-22-15-8-29(24,25)9-16(15)23(19)11-4-5-17-18(6-11)27-10-26-17/h1-6,15-16H,7-10H2/t15-,16-/m0/s1. The van der Waals surface area contributed by atoms with Crippen molar-refractivity contribution in [2.75, 3.05) is 23.2 Å². The highest BCUT2D eigenvalue weighted by Gasteiger charge is 2.47. The van der Waals surface area contributed by atoms with Crippen LogP contribution in [0.25, 0.3) is 0 Å². The van der Waals surface area contributed by atoms with Gasteiger partial charge in [0.2, 0.25) is 6.79 Å². The van der Waals surface area contributed by atoms with Crippen molar-refractivity contribution in [3.05, 3.63) is 52.8 Å². The molecule has 1 fully saturated rings. The Kier molecular flexibility index (Phi) is 4.64. The Bertz CT molecular complexity index is 1100. The molecule has 0 radical (unpaired) electrons. The number of hydrogen-bond acceptors (Lipinski definition) is 7. The number of benzene rings is 2. The number of ether oxygens (including phenoxy) is 2. The molecule has 10 heteroatoms. The topological polar surface area (TPSA) is 68.2 Å². The fourth-order valence-electron chi connectivity index (χ4n) is 3.78. The monoisotopic (exact) mass is 454 g/mol. The first-order valence-electron chi connectivity index (χ1n) is 8.94. The zero-order chi connectivity index (χ0) is 20.2. The van der Waals surface area contributed by atoms with Gasteiger partial charge in [0.15, 0.2) is 26.5 Å². The van der Waals surface area contributed by atoms with Gasteiger partial charge in [-0.15, -0.1) is 0 Å². The van der Waals surface area contributed by atoms with Crippen molar-refractivity contribution in [1.29, 1.82) is 0 Å². The van der Waals surface area contributed by atoms with Crippen LogP contribution in [-0.2, 0) is 15.6 Å². The molecule has 29 heavy (non-hydrogen) atoms. The second kappa shape index (κ2) is 7.07. The molecule has 0 unspecified atom stereocenters. The van der Waals surface area contributed by atoms with Crippen LogP contribution >= 0.6 is 23.4 Å². The lowest BCUT2D eigenvalue weighted by molar-refractivity contribution is 0.174. The van der Waals surface area contributed by atoms with Gasteiger partial charge in [0.1, 0.15) is 5.82 Å². The van der Waals surface area contributed by atoms with Crippen LogP contribution in [0.4, 0.5) is 10.1 Å². The van der Waals surface area contributed by atoms with Crippen LogP contribution < -0.4 is 14.4 Å². The first-order chi connectivity index (χ1) is 13.9.